The van der Waals surface area contributed by atoms with Crippen molar-refractivity contribution in [2.75, 3.05) is 0 Å². The highest BCUT2D eigenvalue weighted by Crippen LogP contribution is 1.83. The summed E-state index contributed by atoms with van der Waals surface area (Å²) in [4.78, 5) is 9.95. The number of carbonyl (C=O) groups excluding carboxylic acids is 1. The third-order valence-corrected chi connectivity index (χ3v) is 0.720. The van der Waals surface area contributed by atoms with Crippen molar-refractivity contribution in [1.82, 2.24) is 0 Å². The molecule has 0 saturated heterocycles. The van der Waals surface area contributed by atoms with Crippen LogP contribution in [0, 0.1) is 0 Å². The molecule has 0 aliphatic carbocycles. The van der Waals surface area contributed by atoms with Crippen LogP contribution in [-0.4, -0.2) is 16.2 Å². The standard InChI is InChI=1S/C3H4ClNO2/c1-2(6)3(4)5-7/h7H,1H3. The van der Waals surface area contributed by atoms with Crippen LogP contribution < -0.4 is 0 Å². The molecule has 0 radical (unpaired) electrons. The predicted octanol–water partition coefficient (Wildman–Crippen LogP) is 0.602. The topological polar surface area (TPSA) is 49.7 Å². The molecule has 7 heavy (non-hydrogen) atoms. The average molecular weight is 122 g/mol. The van der Waals surface area contributed by atoms with Gasteiger partial charge in [-0.05, 0) is 0 Å². The maximum Gasteiger partial charge on any atom is 0.210 e. The zero-order valence-corrected chi connectivity index (χ0v) is 4.44. The number of halogens is 1. The zero-order valence-electron chi connectivity index (χ0n) is 3.68. The number of nitrogens with zero attached hydrogens (tertiary/aromatic N) is 1. The summed E-state index contributed by atoms with van der Waals surface area (Å²) >= 11 is 4.95. The highest BCUT2D eigenvalue weighted by atomic mass is 35.5. The van der Waals surface area contributed by atoms with Crippen LogP contribution in [0.1, 0.15) is 6.92 Å². The molecular weight excluding hydrogens is 117 g/mol. The third kappa shape index (κ3) is 2.17. The molecule has 0 aromatic carbocycles. The number of rotatable bonds is 1. The molecule has 3 nitrogen and oxygen atoms in total. The van der Waals surface area contributed by atoms with E-state index in [-0.39, 0.29) is 5.17 Å². The minimum Gasteiger partial charge on any atom is -0.410 e. The van der Waals surface area contributed by atoms with Gasteiger partial charge in [0, 0.05) is 6.92 Å². The van der Waals surface area contributed by atoms with Gasteiger partial charge in [0.05, 0.1) is 0 Å². The average Bonchev–Trinajstić information content (AvgIpc) is 1.65. The molecule has 4 heteroatoms. The van der Waals surface area contributed by atoms with E-state index in [1.807, 2.05) is 0 Å². The van der Waals surface area contributed by atoms with Crippen molar-refractivity contribution in [3.05, 3.63) is 0 Å². The second-order valence-corrected chi connectivity index (χ2v) is 1.31. The Morgan fingerprint density at radius 2 is 2.29 bits per heavy atom. The maximum atomic E-state index is 9.95. The maximum absolute atomic E-state index is 9.95. The van der Waals surface area contributed by atoms with Gasteiger partial charge in [-0.3, -0.25) is 4.79 Å². The van der Waals surface area contributed by atoms with Crippen molar-refractivity contribution in [3.63, 3.8) is 0 Å². The molecule has 0 aromatic heterocycles. The van der Waals surface area contributed by atoms with E-state index >= 15 is 0 Å². The SMILES string of the molecule is CC(=O)C(Cl)=NO. The molecule has 0 unspecified atom stereocenters. The van der Waals surface area contributed by atoms with E-state index in [1.54, 1.807) is 0 Å². The molecule has 0 rings (SSSR count). The molecule has 0 amide bonds. The first-order chi connectivity index (χ1) is 3.18. The normalized spacial score (nSPS) is 11.4. The smallest absolute Gasteiger partial charge is 0.210 e. The van der Waals surface area contributed by atoms with Gasteiger partial charge < -0.3 is 5.21 Å². The van der Waals surface area contributed by atoms with Gasteiger partial charge in [-0.2, -0.15) is 0 Å². The fourth-order valence-corrected chi connectivity index (χ4v) is 0.0704. The van der Waals surface area contributed by atoms with Crippen LogP contribution in [0.5, 0.6) is 0 Å². The van der Waals surface area contributed by atoms with Gasteiger partial charge in [0.1, 0.15) is 0 Å². The molecule has 0 atom stereocenters. The minimum absolute atomic E-state index is 0.389. The van der Waals surface area contributed by atoms with E-state index < -0.39 is 5.78 Å². The second kappa shape index (κ2) is 2.58. The van der Waals surface area contributed by atoms with Crippen molar-refractivity contribution in [2.24, 2.45) is 5.16 Å². The van der Waals surface area contributed by atoms with Crippen molar-refractivity contribution in [2.45, 2.75) is 6.92 Å². The van der Waals surface area contributed by atoms with Crippen molar-refractivity contribution in [1.29, 1.82) is 0 Å². The van der Waals surface area contributed by atoms with Crippen LogP contribution in [0.4, 0.5) is 0 Å². The van der Waals surface area contributed by atoms with Crippen LogP contribution in [-0.2, 0) is 4.79 Å². The van der Waals surface area contributed by atoms with Crippen LogP contribution in [0.2, 0.25) is 0 Å². The molecule has 0 heterocycles. The Morgan fingerprint density at radius 1 is 1.86 bits per heavy atom. The fourth-order valence-electron chi connectivity index (χ4n) is 0.0704. The highest BCUT2D eigenvalue weighted by molar-refractivity contribution is 6.82. The quantitative estimate of drug-likeness (QED) is 0.314. The fraction of sp³-hybridized carbons (Fsp3) is 0.333. The molecule has 0 aromatic rings. The molecule has 0 aliphatic rings. The molecule has 0 aliphatic heterocycles. The van der Waals surface area contributed by atoms with E-state index in [9.17, 15) is 4.79 Å². The van der Waals surface area contributed by atoms with Crippen molar-refractivity contribution in [3.8, 4) is 0 Å². The summed E-state index contributed by atoms with van der Waals surface area (Å²) in [6.45, 7) is 1.21. The van der Waals surface area contributed by atoms with Gasteiger partial charge >= 0.3 is 0 Å². The molecule has 1 N–H and O–H groups in total. The van der Waals surface area contributed by atoms with Crippen molar-refractivity contribution >= 4 is 22.6 Å². The highest BCUT2D eigenvalue weighted by Gasteiger charge is 1.97. The number of oxime groups is 1. The number of hydrogen-bond donors (Lipinski definition) is 1. The van der Waals surface area contributed by atoms with Gasteiger partial charge in [0.2, 0.25) is 5.17 Å². The van der Waals surface area contributed by atoms with Crippen LogP contribution >= 0.6 is 11.6 Å². The Kier molecular flexibility index (Phi) is 2.37. The Bertz CT molecular complexity index is 110. The number of hydrogen-bond acceptors (Lipinski definition) is 3. The number of Topliss-reactive ketones (excluding diaryl/α,β-unsaturated/α-hetero) is 1. The molecule has 0 saturated carbocycles. The van der Waals surface area contributed by atoms with E-state index in [0.717, 1.165) is 0 Å². The van der Waals surface area contributed by atoms with Gasteiger partial charge in [0.25, 0.3) is 0 Å². The molecule has 0 spiro atoms. The lowest BCUT2D eigenvalue weighted by molar-refractivity contribution is -0.110. The molecular formula is C3H4ClNO2. The van der Waals surface area contributed by atoms with Crippen molar-refractivity contribution < 1.29 is 10.0 Å². The minimum atomic E-state index is -0.441. The van der Waals surface area contributed by atoms with Gasteiger partial charge in [-0.1, -0.05) is 16.8 Å². The first-order valence-corrected chi connectivity index (χ1v) is 1.94. The largest absolute Gasteiger partial charge is 0.410 e. The summed E-state index contributed by atoms with van der Waals surface area (Å²) in [5.41, 5.74) is 0. The first kappa shape index (κ1) is 6.43. The van der Waals surface area contributed by atoms with Crippen LogP contribution in [0.25, 0.3) is 0 Å². The first-order valence-electron chi connectivity index (χ1n) is 1.57. The molecule has 0 fully saturated rings. The zero-order chi connectivity index (χ0) is 5.86. The van der Waals surface area contributed by atoms with E-state index in [2.05, 4.69) is 5.16 Å². The Morgan fingerprint density at radius 3 is 2.29 bits per heavy atom. The summed E-state index contributed by atoms with van der Waals surface area (Å²) < 4.78 is 0. The van der Waals surface area contributed by atoms with Gasteiger partial charge in [0.15, 0.2) is 5.78 Å². The van der Waals surface area contributed by atoms with E-state index in [0.29, 0.717) is 0 Å². The van der Waals surface area contributed by atoms with Crippen LogP contribution in [0.3, 0.4) is 0 Å². The lowest BCUT2D eigenvalue weighted by Crippen LogP contribution is -1.99. The Labute approximate surface area is 45.6 Å². The molecule has 40 valence electrons. The van der Waals surface area contributed by atoms with Gasteiger partial charge in [-0.15, -0.1) is 0 Å². The summed E-state index contributed by atoms with van der Waals surface area (Å²) in [6, 6.07) is 0. The van der Waals surface area contributed by atoms with E-state index in [4.69, 9.17) is 16.8 Å². The summed E-state index contributed by atoms with van der Waals surface area (Å²) in [6.07, 6.45) is 0. The second-order valence-electron chi connectivity index (χ2n) is 0.947. The lowest BCUT2D eigenvalue weighted by atomic mass is 10.5. The summed E-state index contributed by atoms with van der Waals surface area (Å²) in [5.74, 6) is -0.441. The lowest BCUT2D eigenvalue weighted by Gasteiger charge is -1.79. The monoisotopic (exact) mass is 121 g/mol. The summed E-state index contributed by atoms with van der Waals surface area (Å²) in [5, 5.41) is 9.77. The Balaban J connectivity index is 3.82. The third-order valence-electron chi connectivity index (χ3n) is 0.378. The summed E-state index contributed by atoms with van der Waals surface area (Å²) in [7, 11) is 0. The van der Waals surface area contributed by atoms with E-state index in [1.165, 1.54) is 6.92 Å². The van der Waals surface area contributed by atoms with Gasteiger partial charge in [-0.25, -0.2) is 0 Å². The number of carbonyl (C=O) groups is 1. The number of ketones is 1. The predicted molar refractivity (Wildman–Crippen MR) is 25.8 cm³/mol. The molecule has 0 bridgehead atoms. The Hall–Kier alpha value is -0.570. The van der Waals surface area contributed by atoms with Crippen LogP contribution in [0.15, 0.2) is 5.16 Å².